The maximum absolute atomic E-state index is 13.0. The Balaban J connectivity index is 1.25. The van der Waals surface area contributed by atoms with Crippen LogP contribution in [-0.2, 0) is 26.3 Å². The predicted molar refractivity (Wildman–Crippen MR) is 160 cm³/mol. The number of alkyl halides is 3. The van der Waals surface area contributed by atoms with Crippen molar-refractivity contribution in [2.75, 3.05) is 12.3 Å². The molecule has 5 atom stereocenters. The number of imidazole rings is 1. The number of hydrogen-bond acceptors (Lipinski definition) is 12. The highest BCUT2D eigenvalue weighted by molar-refractivity contribution is 7.07. The number of nitrogen functional groups attached to an aromatic ring is 1. The zero-order valence-electron chi connectivity index (χ0n) is 23.8. The van der Waals surface area contributed by atoms with Gasteiger partial charge in [0.2, 0.25) is 10.9 Å². The summed E-state index contributed by atoms with van der Waals surface area (Å²) >= 11 is 7.08. The lowest BCUT2D eigenvalue weighted by atomic mass is 9.90. The van der Waals surface area contributed by atoms with Crippen molar-refractivity contribution < 1.29 is 47.5 Å². The van der Waals surface area contributed by atoms with E-state index in [4.69, 9.17) is 26.8 Å². The Bertz CT molecular complexity index is 1900. The fourth-order valence-electron chi connectivity index (χ4n) is 5.30. The smallest absolute Gasteiger partial charge is 0.479 e. The molecule has 0 bridgehead atoms. The Labute approximate surface area is 272 Å². The number of para-hydroxylation sites is 1. The number of carboxylic acid groups (broad SMARTS) is 1. The van der Waals surface area contributed by atoms with Gasteiger partial charge in [-0.15, -0.1) is 24.5 Å². The number of carbonyl (C=O) groups is 1. The molecule has 0 unspecified atom stereocenters. The van der Waals surface area contributed by atoms with Crippen molar-refractivity contribution in [3.8, 4) is 16.9 Å². The van der Waals surface area contributed by atoms with Crippen LogP contribution in [0.15, 0.2) is 65.7 Å². The lowest BCUT2D eigenvalue weighted by Gasteiger charge is -2.30. The predicted octanol–water partition coefficient (Wildman–Crippen LogP) is 3.94. The van der Waals surface area contributed by atoms with Crippen LogP contribution in [-0.4, -0.2) is 77.1 Å². The van der Waals surface area contributed by atoms with Gasteiger partial charge in [-0.25, -0.2) is 14.8 Å². The van der Waals surface area contributed by atoms with Gasteiger partial charge in [0.1, 0.15) is 29.6 Å². The molecule has 2 aromatic carbocycles. The summed E-state index contributed by atoms with van der Waals surface area (Å²) in [5.74, 6) is -1.80. The first-order valence-electron chi connectivity index (χ1n) is 13.7. The molecule has 1 aliphatic heterocycles. The second-order valence-electron chi connectivity index (χ2n) is 10.5. The molecule has 0 amide bonds. The maximum Gasteiger partial charge on any atom is 0.573 e. The summed E-state index contributed by atoms with van der Waals surface area (Å²) < 4.78 is 56.3. The number of fused-ring (bicyclic) bond motifs is 1. The van der Waals surface area contributed by atoms with Crippen LogP contribution in [0.25, 0.3) is 22.3 Å². The number of carboxylic acids is 1. The molecule has 47 heavy (non-hydrogen) atoms. The minimum atomic E-state index is -4.89. The number of hydrogen-bond donors (Lipinski definition) is 4. The van der Waals surface area contributed by atoms with E-state index >= 15 is 0 Å². The minimum absolute atomic E-state index is 0.00643. The monoisotopic (exact) mass is 692 g/mol. The van der Waals surface area contributed by atoms with E-state index < -0.39 is 54.8 Å². The molecular formula is C29H24ClF3N6O7S. The van der Waals surface area contributed by atoms with Crippen LogP contribution in [0, 0.1) is 0 Å². The fourth-order valence-corrected chi connectivity index (χ4v) is 6.09. The summed E-state index contributed by atoms with van der Waals surface area (Å²) in [6.07, 6.45) is -9.33. The van der Waals surface area contributed by atoms with Crippen LogP contribution < -0.4 is 10.5 Å². The molecule has 4 heterocycles. The summed E-state index contributed by atoms with van der Waals surface area (Å²) in [4.78, 5) is 29.2. The lowest BCUT2D eigenvalue weighted by Crippen LogP contribution is -2.44. The number of rotatable bonds is 10. The summed E-state index contributed by atoms with van der Waals surface area (Å²) in [5, 5.41) is 33.6. The third-order valence-electron chi connectivity index (χ3n) is 7.55. The summed E-state index contributed by atoms with van der Waals surface area (Å²) in [5.41, 5.74) is 6.63. The first-order valence-corrected chi connectivity index (χ1v) is 15.1. The van der Waals surface area contributed by atoms with Crippen molar-refractivity contribution in [1.82, 2.24) is 24.5 Å². The van der Waals surface area contributed by atoms with Crippen molar-refractivity contribution in [2.24, 2.45) is 0 Å². The van der Waals surface area contributed by atoms with E-state index in [1.807, 2.05) is 0 Å². The Morgan fingerprint density at radius 1 is 1.09 bits per heavy atom. The highest BCUT2D eigenvalue weighted by atomic mass is 35.5. The third kappa shape index (κ3) is 6.45. The van der Waals surface area contributed by atoms with Gasteiger partial charge in [0.05, 0.1) is 24.1 Å². The summed E-state index contributed by atoms with van der Waals surface area (Å²) in [6, 6.07) is 11.8. The standard InChI is InChI=1S/C29H24ClF3N6O7S/c30-27-37-23(34)20-24(38-27)39(12-35-20)25-22(41)21(40)18(45-25)10-44-28(26(42)43,19-11-47-13-36-19)9-14-5-7-15(8-6-14)16-3-1-2-4-17(16)46-29(31,32)33/h1-8,11-13,18,21-22,25,40-41H,9-10H2,(H,42,43)(H2,34,37,38)/t18-,21-,22-,25-,28-/m1/s1. The quantitative estimate of drug-likeness (QED) is 0.155. The zero-order chi connectivity index (χ0) is 33.5. The van der Waals surface area contributed by atoms with E-state index in [9.17, 15) is 33.3 Å². The number of nitrogens with two attached hydrogens (primary N) is 1. The van der Waals surface area contributed by atoms with E-state index in [0.717, 1.165) is 11.3 Å². The second-order valence-corrected chi connectivity index (χ2v) is 11.5. The number of aliphatic hydroxyl groups is 2. The van der Waals surface area contributed by atoms with Gasteiger partial charge in [-0.1, -0.05) is 42.5 Å². The van der Waals surface area contributed by atoms with Crippen LogP contribution in [0.2, 0.25) is 5.28 Å². The largest absolute Gasteiger partial charge is 0.573 e. The average molecular weight is 693 g/mol. The van der Waals surface area contributed by atoms with Crippen LogP contribution in [0.1, 0.15) is 17.5 Å². The van der Waals surface area contributed by atoms with Gasteiger partial charge >= 0.3 is 12.3 Å². The van der Waals surface area contributed by atoms with Gasteiger partial charge in [0, 0.05) is 17.4 Å². The highest BCUT2D eigenvalue weighted by Crippen LogP contribution is 2.38. The number of nitrogens with zero attached hydrogens (tertiary/aromatic N) is 5. The average Bonchev–Trinajstić information content (AvgIpc) is 3.76. The van der Waals surface area contributed by atoms with Crippen LogP contribution in [0.4, 0.5) is 19.0 Å². The molecule has 0 spiro atoms. The van der Waals surface area contributed by atoms with Crippen molar-refractivity contribution >= 4 is 45.9 Å². The molecule has 5 N–H and O–H groups in total. The Kier molecular flexibility index (Phi) is 8.77. The topological polar surface area (TPSA) is 188 Å². The number of benzene rings is 2. The molecule has 3 aromatic heterocycles. The van der Waals surface area contributed by atoms with Crippen molar-refractivity contribution in [3.63, 3.8) is 0 Å². The Hall–Kier alpha value is -4.39. The highest BCUT2D eigenvalue weighted by Gasteiger charge is 2.49. The minimum Gasteiger partial charge on any atom is -0.479 e. The van der Waals surface area contributed by atoms with Gasteiger partial charge < -0.3 is 35.3 Å². The van der Waals surface area contributed by atoms with Crippen LogP contribution >= 0.6 is 22.9 Å². The molecule has 0 saturated carbocycles. The number of anilines is 1. The summed E-state index contributed by atoms with van der Waals surface area (Å²) in [7, 11) is 0. The van der Waals surface area contributed by atoms with E-state index in [-0.39, 0.29) is 39.9 Å². The van der Waals surface area contributed by atoms with E-state index in [1.54, 1.807) is 18.2 Å². The maximum atomic E-state index is 13.0. The third-order valence-corrected chi connectivity index (χ3v) is 8.30. The number of aliphatic hydroxyl groups excluding tert-OH is 2. The Morgan fingerprint density at radius 3 is 2.51 bits per heavy atom. The second kappa shape index (κ2) is 12.7. The van der Waals surface area contributed by atoms with E-state index in [1.165, 1.54) is 52.1 Å². The van der Waals surface area contributed by atoms with Gasteiger partial charge in [0.25, 0.3) is 0 Å². The number of ether oxygens (including phenoxy) is 3. The van der Waals surface area contributed by atoms with Crippen LogP contribution in [0.3, 0.4) is 0 Å². The molecular weight excluding hydrogens is 669 g/mol. The van der Waals surface area contributed by atoms with Gasteiger partial charge in [-0.2, -0.15) is 9.97 Å². The molecule has 18 heteroatoms. The SMILES string of the molecule is Nc1nc(Cl)nc2c1ncn2[C@@H]1O[C@H](CO[C@@](Cc2ccc(-c3ccccc3OC(F)(F)F)cc2)(C(=O)O)c2cscn2)[C@@H](O)[C@H]1O. The van der Waals surface area contributed by atoms with Gasteiger partial charge in [-0.05, 0) is 28.8 Å². The Morgan fingerprint density at radius 2 is 1.83 bits per heavy atom. The van der Waals surface area contributed by atoms with E-state index in [2.05, 4.69) is 24.7 Å². The number of aromatic nitrogens is 5. The summed E-state index contributed by atoms with van der Waals surface area (Å²) in [6.45, 7) is -0.497. The molecule has 246 valence electrons. The molecule has 1 aliphatic rings. The number of thiazole rings is 1. The number of aliphatic carboxylic acids is 1. The number of halogens is 4. The van der Waals surface area contributed by atoms with Gasteiger partial charge in [-0.3, -0.25) is 4.57 Å². The van der Waals surface area contributed by atoms with Gasteiger partial charge in [0.15, 0.2) is 17.7 Å². The van der Waals surface area contributed by atoms with Crippen LogP contribution in [0.5, 0.6) is 5.75 Å². The molecule has 1 saturated heterocycles. The normalized spacial score (nSPS) is 21.1. The molecule has 13 nitrogen and oxygen atoms in total. The van der Waals surface area contributed by atoms with Crippen molar-refractivity contribution in [2.45, 2.75) is 42.9 Å². The first kappa shape index (κ1) is 32.5. The van der Waals surface area contributed by atoms with Crippen molar-refractivity contribution in [1.29, 1.82) is 0 Å². The van der Waals surface area contributed by atoms with E-state index in [0.29, 0.717) is 11.1 Å². The molecule has 1 fully saturated rings. The molecule has 0 radical (unpaired) electrons. The zero-order valence-corrected chi connectivity index (χ0v) is 25.4. The molecule has 6 rings (SSSR count). The van der Waals surface area contributed by atoms with Crippen molar-refractivity contribution in [3.05, 3.63) is 82.3 Å². The fraction of sp³-hybridized carbons (Fsp3) is 0.276. The molecule has 5 aromatic rings. The molecule has 0 aliphatic carbocycles. The lowest BCUT2D eigenvalue weighted by molar-refractivity contribution is -0.274. The first-order chi connectivity index (χ1) is 22.4.